The molecule has 188 valence electrons. The van der Waals surface area contributed by atoms with Gasteiger partial charge in [0.15, 0.2) is 0 Å². The zero-order valence-corrected chi connectivity index (χ0v) is 22.4. The van der Waals surface area contributed by atoms with Crippen LogP contribution in [0.2, 0.25) is 0 Å². The Morgan fingerprint density at radius 3 is 2.16 bits per heavy atom. The van der Waals surface area contributed by atoms with Crippen LogP contribution >= 0.6 is 14.7 Å². The SMILES string of the molecule is O=P1(CC(c2ccccc2)P2(=O)Oc3ccccc3C3C=CC=CC32)Oc2ccccc2-c2ccccc21. The van der Waals surface area contributed by atoms with E-state index in [0.29, 0.717) is 16.8 Å². The lowest BCUT2D eigenvalue weighted by Gasteiger charge is -2.42. The summed E-state index contributed by atoms with van der Waals surface area (Å²) in [5, 5.41) is 0.666. The molecule has 2 aliphatic heterocycles. The molecule has 0 bridgehead atoms. The first-order chi connectivity index (χ1) is 18.6. The van der Waals surface area contributed by atoms with Crippen molar-refractivity contribution in [3.8, 4) is 22.6 Å². The second-order valence-corrected chi connectivity index (χ2v) is 15.0. The summed E-state index contributed by atoms with van der Waals surface area (Å²) >= 11 is 0. The van der Waals surface area contributed by atoms with Crippen LogP contribution in [-0.2, 0) is 9.13 Å². The molecule has 0 spiro atoms. The topological polar surface area (TPSA) is 52.6 Å². The normalized spacial score (nSPS) is 27.1. The second kappa shape index (κ2) is 9.02. The van der Waals surface area contributed by atoms with Crippen LogP contribution in [0.1, 0.15) is 22.7 Å². The van der Waals surface area contributed by atoms with E-state index >= 15 is 4.57 Å². The van der Waals surface area contributed by atoms with Gasteiger partial charge in [0, 0.05) is 17.0 Å². The molecule has 3 aliphatic rings. The van der Waals surface area contributed by atoms with Crippen LogP contribution in [-0.4, -0.2) is 11.8 Å². The Morgan fingerprint density at radius 1 is 0.658 bits per heavy atom. The van der Waals surface area contributed by atoms with Crippen molar-refractivity contribution in [3.05, 3.63) is 139 Å². The van der Waals surface area contributed by atoms with Crippen molar-refractivity contribution in [2.24, 2.45) is 0 Å². The lowest BCUT2D eigenvalue weighted by molar-refractivity contribution is 0.436. The molecule has 4 aromatic rings. The molecule has 7 rings (SSSR count). The summed E-state index contributed by atoms with van der Waals surface area (Å²) < 4.78 is 43.2. The van der Waals surface area contributed by atoms with Crippen LogP contribution in [0.3, 0.4) is 0 Å². The first kappa shape index (κ1) is 23.5. The minimum absolute atomic E-state index is 0.0720. The van der Waals surface area contributed by atoms with Gasteiger partial charge < -0.3 is 9.05 Å². The van der Waals surface area contributed by atoms with Crippen molar-refractivity contribution >= 4 is 20.0 Å². The Kier molecular flexibility index (Phi) is 5.58. The minimum atomic E-state index is -3.51. The minimum Gasteiger partial charge on any atom is -0.442 e. The van der Waals surface area contributed by atoms with Crippen molar-refractivity contribution in [3.63, 3.8) is 0 Å². The Hall–Kier alpha value is -3.58. The Labute approximate surface area is 222 Å². The highest BCUT2D eigenvalue weighted by molar-refractivity contribution is 7.69. The van der Waals surface area contributed by atoms with Gasteiger partial charge >= 0.3 is 0 Å². The molecule has 0 radical (unpaired) electrons. The maximum atomic E-state index is 15.4. The molecule has 0 saturated carbocycles. The summed E-state index contributed by atoms with van der Waals surface area (Å²) in [4.78, 5) is 0. The van der Waals surface area contributed by atoms with Gasteiger partial charge in [0.2, 0.25) is 0 Å². The number of hydrogen-bond donors (Lipinski definition) is 0. The molecule has 0 amide bonds. The third kappa shape index (κ3) is 3.67. The highest BCUT2D eigenvalue weighted by atomic mass is 31.2. The highest BCUT2D eigenvalue weighted by Gasteiger charge is 2.53. The van der Waals surface area contributed by atoms with E-state index in [9.17, 15) is 4.57 Å². The second-order valence-electron chi connectivity index (χ2n) is 9.95. The summed E-state index contributed by atoms with van der Waals surface area (Å²) in [6.45, 7) is 0. The summed E-state index contributed by atoms with van der Waals surface area (Å²) in [6, 6.07) is 32.9. The fourth-order valence-corrected chi connectivity index (χ4v) is 12.7. The highest BCUT2D eigenvalue weighted by Crippen LogP contribution is 2.73. The molecule has 38 heavy (non-hydrogen) atoms. The fourth-order valence-electron chi connectivity index (χ4n) is 5.99. The van der Waals surface area contributed by atoms with Gasteiger partial charge in [0.25, 0.3) is 14.7 Å². The van der Waals surface area contributed by atoms with Gasteiger partial charge in [-0.05, 0) is 29.3 Å². The Balaban J connectivity index is 1.40. The van der Waals surface area contributed by atoms with E-state index in [4.69, 9.17) is 9.05 Å². The molecule has 5 unspecified atom stereocenters. The van der Waals surface area contributed by atoms with Gasteiger partial charge in [-0.25, -0.2) is 0 Å². The van der Waals surface area contributed by atoms with Crippen LogP contribution in [0, 0.1) is 0 Å². The predicted octanol–water partition coefficient (Wildman–Crippen LogP) is 8.34. The standard InChI is InChI=1S/C32H26O4P2/c33-37(30-20-10-6-16-26(30)24-14-4-8-18-28(24)35-37)22-32(23-12-2-1-3-13-23)38(34)31-21-11-7-17-27(31)25-15-5-9-19-29(25)36-38/h1-21,27,31-32H,22H2. The van der Waals surface area contributed by atoms with Gasteiger partial charge in [-0.2, -0.15) is 0 Å². The molecule has 4 nitrogen and oxygen atoms in total. The predicted molar refractivity (Wildman–Crippen MR) is 153 cm³/mol. The van der Waals surface area contributed by atoms with Crippen molar-refractivity contribution in [2.45, 2.75) is 17.2 Å². The van der Waals surface area contributed by atoms with Crippen LogP contribution < -0.4 is 14.4 Å². The first-order valence-corrected chi connectivity index (χ1v) is 16.4. The molecule has 1 aliphatic carbocycles. The quantitative estimate of drug-likeness (QED) is 0.246. The van der Waals surface area contributed by atoms with Crippen LogP contribution in [0.4, 0.5) is 0 Å². The van der Waals surface area contributed by atoms with Crippen molar-refractivity contribution in [1.29, 1.82) is 0 Å². The summed E-state index contributed by atoms with van der Waals surface area (Å²) in [5.41, 5.74) is 2.68. The first-order valence-electron chi connectivity index (χ1n) is 12.8. The smallest absolute Gasteiger partial charge is 0.279 e. The molecule has 6 heteroatoms. The zero-order chi connectivity index (χ0) is 25.7. The van der Waals surface area contributed by atoms with Gasteiger partial charge in [0.1, 0.15) is 11.5 Å². The van der Waals surface area contributed by atoms with Crippen LogP contribution in [0.15, 0.2) is 127 Å². The number of hydrogen-bond acceptors (Lipinski definition) is 4. The molecular formula is C32H26O4P2. The molecule has 0 saturated heterocycles. The molecule has 0 fully saturated rings. The lowest BCUT2D eigenvalue weighted by Crippen LogP contribution is -2.30. The number of benzene rings is 4. The number of fused-ring (bicyclic) bond motifs is 6. The van der Waals surface area contributed by atoms with E-state index in [0.717, 1.165) is 22.3 Å². The number of allylic oxidation sites excluding steroid dienone is 4. The fraction of sp³-hybridized carbons (Fsp3) is 0.125. The van der Waals surface area contributed by atoms with Crippen molar-refractivity contribution in [1.82, 2.24) is 0 Å². The van der Waals surface area contributed by atoms with E-state index in [1.54, 1.807) is 0 Å². The number of rotatable bonds is 4. The molecule has 5 atom stereocenters. The molecule has 4 aromatic carbocycles. The van der Waals surface area contributed by atoms with E-state index < -0.39 is 20.4 Å². The van der Waals surface area contributed by atoms with E-state index in [1.807, 2.05) is 121 Å². The summed E-state index contributed by atoms with van der Waals surface area (Å²) in [7, 11) is -7.00. The van der Waals surface area contributed by atoms with Crippen LogP contribution in [0.5, 0.6) is 11.5 Å². The van der Waals surface area contributed by atoms with E-state index in [1.165, 1.54) is 0 Å². The Morgan fingerprint density at radius 2 is 1.32 bits per heavy atom. The van der Waals surface area contributed by atoms with Crippen molar-refractivity contribution < 1.29 is 18.2 Å². The average molecular weight is 537 g/mol. The third-order valence-electron chi connectivity index (χ3n) is 7.77. The van der Waals surface area contributed by atoms with E-state index in [-0.39, 0.29) is 17.7 Å². The zero-order valence-electron chi connectivity index (χ0n) is 20.6. The van der Waals surface area contributed by atoms with Crippen molar-refractivity contribution in [2.75, 3.05) is 6.16 Å². The Bertz CT molecular complexity index is 1690. The largest absolute Gasteiger partial charge is 0.442 e. The molecule has 2 heterocycles. The monoisotopic (exact) mass is 536 g/mol. The van der Waals surface area contributed by atoms with E-state index in [2.05, 4.69) is 6.08 Å². The van der Waals surface area contributed by atoms with Gasteiger partial charge in [-0.15, -0.1) is 0 Å². The lowest BCUT2D eigenvalue weighted by atomic mass is 9.91. The maximum absolute atomic E-state index is 15.4. The molecule has 0 aromatic heterocycles. The van der Waals surface area contributed by atoms with Crippen LogP contribution in [0.25, 0.3) is 11.1 Å². The summed E-state index contributed by atoms with van der Waals surface area (Å²) in [6.07, 6.45) is 8.12. The molecule has 0 N–H and O–H groups in total. The van der Waals surface area contributed by atoms with Gasteiger partial charge in [-0.3, -0.25) is 9.13 Å². The van der Waals surface area contributed by atoms with Gasteiger partial charge in [0.05, 0.1) is 22.8 Å². The number of para-hydroxylation sites is 2. The summed E-state index contributed by atoms with van der Waals surface area (Å²) in [5.74, 6) is 1.14. The van der Waals surface area contributed by atoms with Gasteiger partial charge in [-0.1, -0.05) is 109 Å². The average Bonchev–Trinajstić information content (AvgIpc) is 2.97. The maximum Gasteiger partial charge on any atom is 0.279 e. The molecular weight excluding hydrogens is 510 g/mol. The third-order valence-corrected chi connectivity index (χ3v) is 13.7.